The Hall–Kier alpha value is -9.33. The molecule has 27 heteroatoms. The molecular weight excluding hydrogens is 1360 g/mol. The van der Waals surface area contributed by atoms with Gasteiger partial charge in [0.1, 0.15) is 52.7 Å². The van der Waals surface area contributed by atoms with Crippen molar-refractivity contribution in [3.05, 3.63) is 309 Å². The molecule has 96 heavy (non-hydrogen) atoms. The predicted molar refractivity (Wildman–Crippen MR) is 323 cm³/mol. The van der Waals surface area contributed by atoms with E-state index in [0.29, 0.717) is 0 Å². The first-order valence-corrected chi connectivity index (χ1v) is 32.9. The Labute approximate surface area is 539 Å². The number of hydrogen-bond donors (Lipinski definition) is 0. The Morgan fingerprint density at radius 3 is 0.698 bits per heavy atom. The molecule has 1 aliphatic rings. The molecule has 0 saturated heterocycles. The van der Waals surface area contributed by atoms with E-state index in [1.165, 1.54) is 36.9 Å². The molecule has 494 valence electrons. The summed E-state index contributed by atoms with van der Waals surface area (Å²) in [5, 5.41) is 0. The minimum Gasteiger partial charge on any atom is -0.207 e. The van der Waals surface area contributed by atoms with E-state index in [1.807, 2.05) is 0 Å². The molecule has 1 aliphatic heterocycles. The second-order valence-electron chi connectivity index (χ2n) is 24.9. The van der Waals surface area contributed by atoms with Gasteiger partial charge in [-0.15, -0.1) is 21.9 Å². The van der Waals surface area contributed by atoms with Crippen molar-refractivity contribution in [2.24, 2.45) is 0 Å². The first-order chi connectivity index (χ1) is 45.3. The quantitative estimate of drug-likeness (QED) is 0.0427. The van der Waals surface area contributed by atoms with Gasteiger partial charge in [0.25, 0.3) is 0 Å². The van der Waals surface area contributed by atoms with Crippen LogP contribution in [0.15, 0.2) is 176 Å². The number of hydrogen-bond acceptors (Lipinski definition) is 0. The number of benzene rings is 9. The smallest absolute Gasteiger partial charge is 0.200 e. The van der Waals surface area contributed by atoms with E-state index in [0.717, 1.165) is 0 Å². The molecule has 9 aromatic carbocycles. The van der Waals surface area contributed by atoms with Crippen molar-refractivity contribution in [3.63, 3.8) is 0 Å². The van der Waals surface area contributed by atoms with Gasteiger partial charge in [-0.05, 0) is 0 Å². The molecule has 0 saturated carbocycles. The van der Waals surface area contributed by atoms with Gasteiger partial charge in [0.2, 0.25) is 0 Å². The maximum atomic E-state index is 15.4. The molecule has 11 aromatic rings. The number of fused-ring (bicyclic) bond motifs is 2. The van der Waals surface area contributed by atoms with Crippen LogP contribution in [0.2, 0.25) is 0 Å². The Morgan fingerprint density at radius 1 is 0.292 bits per heavy atom. The van der Waals surface area contributed by atoms with Gasteiger partial charge in [-0.2, -0.15) is 0 Å². The van der Waals surface area contributed by atoms with E-state index in [-0.39, 0.29) is 11.1 Å². The first kappa shape index (κ1) is 68.1. The van der Waals surface area contributed by atoms with E-state index in [1.54, 1.807) is 0 Å². The van der Waals surface area contributed by atoms with Crippen LogP contribution in [0.25, 0.3) is 0 Å². The van der Waals surface area contributed by atoms with Crippen LogP contribution in [0.4, 0.5) is 87.8 Å². The molecule has 0 bridgehead atoms. The molecule has 0 spiro atoms. The summed E-state index contributed by atoms with van der Waals surface area (Å²) in [6.07, 6.45) is 0.668. The average molecular weight is 1410 g/mol. The molecule has 0 N–H and O–H groups in total. The number of imidazole rings is 2. The zero-order valence-electron chi connectivity index (χ0n) is 50.8. The first-order valence-electron chi connectivity index (χ1n) is 29.2. The molecule has 0 amide bonds. The van der Waals surface area contributed by atoms with Gasteiger partial charge >= 0.3 is 309 Å². The average Bonchev–Trinajstić information content (AvgIpc) is 1.08. The Balaban J connectivity index is 0.000000197. The third-order valence-corrected chi connectivity index (χ3v) is 26.4. The fourth-order valence-electron chi connectivity index (χ4n) is 14.1. The summed E-state index contributed by atoms with van der Waals surface area (Å²) in [6.45, 7) is 14.2. The second kappa shape index (κ2) is 24.7. The fourth-order valence-corrected chi connectivity index (χ4v) is 25.2. The summed E-state index contributed by atoms with van der Waals surface area (Å²) in [7, 11) is 0. The van der Waals surface area contributed by atoms with Crippen LogP contribution >= 0.6 is 0 Å². The minimum absolute atomic E-state index is 0.170. The molecule has 0 atom stereocenters. The third kappa shape index (κ3) is 9.90. The Morgan fingerprint density at radius 2 is 0.490 bits per heavy atom. The summed E-state index contributed by atoms with van der Waals surface area (Å²) in [6, 6.07) is 56.7. The van der Waals surface area contributed by atoms with Gasteiger partial charge in [0.15, 0.2) is 69.8 Å². The summed E-state index contributed by atoms with van der Waals surface area (Å²) in [4.78, 5) is 0. The zero-order valence-corrected chi connectivity index (χ0v) is 53.2. The van der Waals surface area contributed by atoms with Crippen molar-refractivity contribution >= 4 is 69.0 Å². The molecular formula is C69H48B2F20GeN4. The molecule has 4 nitrogen and oxygen atoms in total. The number of rotatable bonds is 10. The van der Waals surface area contributed by atoms with Crippen molar-refractivity contribution < 1.29 is 96.8 Å². The van der Waals surface area contributed by atoms with Crippen LogP contribution < -0.4 is 51.0 Å². The van der Waals surface area contributed by atoms with E-state index in [9.17, 15) is 52.7 Å². The third-order valence-electron chi connectivity index (χ3n) is 17.9. The second-order valence-corrected chi connectivity index (χ2v) is 30.7. The van der Waals surface area contributed by atoms with Crippen molar-refractivity contribution in [2.45, 2.75) is 56.9 Å². The monoisotopic (exact) mass is 1410 g/mol. The number of aromatic nitrogens is 4. The van der Waals surface area contributed by atoms with Crippen molar-refractivity contribution in [1.29, 1.82) is 0 Å². The Kier molecular flexibility index (Phi) is 17.5. The molecule has 3 heterocycles. The topological polar surface area (TPSA) is 17.6 Å². The fraction of sp³-hybridized carbons (Fsp3) is 0.130. The van der Waals surface area contributed by atoms with Crippen LogP contribution in [0.1, 0.15) is 58.2 Å². The van der Waals surface area contributed by atoms with Gasteiger partial charge < -0.3 is 0 Å². The Bertz CT molecular complexity index is 4280. The molecule has 0 unspecified atom stereocenters. The standard InChI is InChI=1S/C45H48BGeN4.C24BF20/c1-43(2,3)48-32-34-50-41(48)47(45(36-22-12-7-13-23-36,37-24-14-8-15-25-37)38-26-16-9-17-27-38)42-49(44(4,5)6)33-35-51(42)46(50,39-28-18-10-19-29-39)40-30-20-11-21-31-40;26-5-1(6(27)14(35)21(42)13(5)34)25(2-7(28)15(36)22(43)16(37)8(2)29,3-9(30)17(38)23(44)18(39)10(3)31)4-11(32)19(40)24(45)20(41)12(4)33/h7-35,47H,1-6H3;/q+1;-1. The van der Waals surface area contributed by atoms with Crippen molar-refractivity contribution in [1.82, 2.24) is 9.13 Å². The predicted octanol–water partition coefficient (Wildman–Crippen LogP) is 11.1. The van der Waals surface area contributed by atoms with Crippen LogP contribution in [0.5, 0.6) is 0 Å². The van der Waals surface area contributed by atoms with Crippen LogP contribution in [-0.4, -0.2) is 36.0 Å². The summed E-state index contributed by atoms with van der Waals surface area (Å²) in [5.41, 5.74) is -8.05. The molecule has 12 rings (SSSR count). The van der Waals surface area contributed by atoms with E-state index < -0.39 is 169 Å². The van der Waals surface area contributed by atoms with E-state index >= 15 is 35.1 Å². The zero-order chi connectivity index (χ0) is 69.8. The van der Waals surface area contributed by atoms with Crippen LogP contribution in [0, 0.1) is 116 Å². The maximum absolute atomic E-state index is 15.4. The van der Waals surface area contributed by atoms with Crippen LogP contribution in [-0.2, 0) is 15.3 Å². The molecule has 0 aliphatic carbocycles. The minimum atomic E-state index is -7.22. The number of nitrogens with zero attached hydrogens (tertiary/aromatic N) is 4. The van der Waals surface area contributed by atoms with Gasteiger partial charge in [-0.1, -0.05) is 0 Å². The summed E-state index contributed by atoms with van der Waals surface area (Å²) in [5.74, 6) is -71.4. The summed E-state index contributed by atoms with van der Waals surface area (Å²) < 4.78 is 307. The van der Waals surface area contributed by atoms with Gasteiger partial charge in [0.05, 0.1) is 0 Å². The normalized spacial score (nSPS) is 13.4. The number of halogens is 20. The van der Waals surface area contributed by atoms with E-state index in [4.69, 9.17) is 0 Å². The van der Waals surface area contributed by atoms with E-state index in [2.05, 4.69) is 236 Å². The van der Waals surface area contributed by atoms with Gasteiger partial charge in [-0.3, -0.25) is 0 Å². The summed E-state index contributed by atoms with van der Waals surface area (Å²) >= 11 is -3.31. The van der Waals surface area contributed by atoms with Gasteiger partial charge in [0, 0.05) is 0 Å². The maximum Gasteiger partial charge on any atom is 0.200 e. The van der Waals surface area contributed by atoms with Crippen LogP contribution in [0.3, 0.4) is 0 Å². The largest absolute Gasteiger partial charge is 0.207 e. The van der Waals surface area contributed by atoms with Crippen molar-refractivity contribution in [3.8, 4) is 0 Å². The molecule has 0 radical (unpaired) electrons. The SMILES string of the molecule is CC(C)(C)n1cc[n+]2[c]1[GeH]([C](c1ccccc1)(c1ccccc1)c1ccccc1)[c]1n(C(C)(C)C)cc[n+]1[B-]2(c1ccccc1)c1ccccc1.Fc1c(F)c(F)c([B-](c2c(F)c(F)c(F)c(F)c2F)(c2c(F)c(F)c(F)c(F)c2F)c2c(F)c(F)c(F)c(F)c2F)c(F)c1F. The molecule has 0 fully saturated rings. The molecule has 2 aromatic heterocycles. The van der Waals surface area contributed by atoms with Gasteiger partial charge in [-0.25, -0.2) is 87.8 Å². The van der Waals surface area contributed by atoms with Crippen molar-refractivity contribution in [2.75, 3.05) is 0 Å².